The normalized spacial score (nSPS) is 16.4. The Morgan fingerprint density at radius 3 is 2.60 bits per heavy atom. The topological polar surface area (TPSA) is 75.4 Å². The molecule has 1 aromatic carbocycles. The second-order valence-corrected chi connectivity index (χ2v) is 7.47. The minimum absolute atomic E-state index is 0.0633. The average Bonchev–Trinajstić information content (AvgIpc) is 3.16. The second-order valence-electron chi connectivity index (χ2n) is 7.47. The first-order valence-electron chi connectivity index (χ1n) is 10.6. The molecule has 0 radical (unpaired) electrons. The summed E-state index contributed by atoms with van der Waals surface area (Å²) in [7, 11) is 1.65. The van der Waals surface area contributed by atoms with Crippen LogP contribution in [-0.4, -0.2) is 73.4 Å². The van der Waals surface area contributed by atoms with Gasteiger partial charge in [0.05, 0.1) is 19.3 Å². The van der Waals surface area contributed by atoms with E-state index in [9.17, 15) is 0 Å². The standard InChI is InChI=1S/C22H33N5O3/c1-5-23-22(24-15-18(3)29-21-9-7-6-8-20(21)28-4)27-12-10-26(11-13-27)16-19-14-17(2)30-25-19/h6-9,14,18H,5,10-13,15-16H2,1-4H3,(H,23,24). The molecule has 1 aliphatic heterocycles. The Labute approximate surface area is 178 Å². The van der Waals surface area contributed by atoms with Crippen LogP contribution in [0, 0.1) is 6.92 Å². The number of benzene rings is 1. The molecule has 1 aliphatic rings. The van der Waals surface area contributed by atoms with Crippen LogP contribution in [0.4, 0.5) is 0 Å². The van der Waals surface area contributed by atoms with Crippen molar-refractivity contribution in [2.75, 3.05) is 46.4 Å². The van der Waals surface area contributed by atoms with Crippen molar-refractivity contribution in [1.29, 1.82) is 0 Å². The van der Waals surface area contributed by atoms with Gasteiger partial charge in [-0.05, 0) is 32.9 Å². The van der Waals surface area contributed by atoms with Gasteiger partial charge in [0, 0.05) is 45.3 Å². The van der Waals surface area contributed by atoms with Crippen LogP contribution in [0.25, 0.3) is 0 Å². The first kappa shape index (κ1) is 22.0. The Bertz CT molecular complexity index is 815. The molecule has 8 heteroatoms. The molecule has 0 spiro atoms. The zero-order valence-electron chi connectivity index (χ0n) is 18.4. The molecular weight excluding hydrogens is 382 g/mol. The van der Waals surface area contributed by atoms with Crippen molar-refractivity contribution in [3.63, 3.8) is 0 Å². The zero-order chi connectivity index (χ0) is 21.3. The monoisotopic (exact) mass is 415 g/mol. The minimum Gasteiger partial charge on any atom is -0.493 e. The summed E-state index contributed by atoms with van der Waals surface area (Å²) < 4.78 is 16.6. The molecule has 1 aromatic heterocycles. The van der Waals surface area contributed by atoms with Crippen LogP contribution in [0.5, 0.6) is 11.5 Å². The number of hydrogen-bond donors (Lipinski definition) is 1. The number of rotatable bonds is 8. The van der Waals surface area contributed by atoms with Crippen molar-refractivity contribution in [3.8, 4) is 11.5 Å². The van der Waals surface area contributed by atoms with Gasteiger partial charge >= 0.3 is 0 Å². The number of aromatic nitrogens is 1. The summed E-state index contributed by atoms with van der Waals surface area (Å²) in [5.74, 6) is 3.27. The summed E-state index contributed by atoms with van der Waals surface area (Å²) in [6.07, 6.45) is -0.0633. The molecule has 2 heterocycles. The highest BCUT2D eigenvalue weighted by Gasteiger charge is 2.21. The molecule has 1 fully saturated rings. The molecule has 0 aliphatic carbocycles. The molecule has 1 unspecified atom stereocenters. The van der Waals surface area contributed by atoms with Gasteiger partial charge in [-0.2, -0.15) is 0 Å². The summed E-state index contributed by atoms with van der Waals surface area (Å²) in [5, 5.41) is 7.51. The molecule has 0 amide bonds. The number of nitrogens with zero attached hydrogens (tertiary/aromatic N) is 4. The van der Waals surface area contributed by atoms with Gasteiger partial charge in [-0.3, -0.25) is 4.90 Å². The van der Waals surface area contributed by atoms with Crippen LogP contribution in [0.3, 0.4) is 0 Å². The fourth-order valence-electron chi connectivity index (χ4n) is 3.45. The number of hydrogen-bond acceptors (Lipinski definition) is 6. The fourth-order valence-corrected chi connectivity index (χ4v) is 3.45. The predicted molar refractivity (Wildman–Crippen MR) is 117 cm³/mol. The third-order valence-electron chi connectivity index (χ3n) is 4.96. The Balaban J connectivity index is 1.52. The number of para-hydroxylation sites is 2. The van der Waals surface area contributed by atoms with Crippen LogP contribution in [-0.2, 0) is 6.54 Å². The van der Waals surface area contributed by atoms with Crippen molar-refractivity contribution in [3.05, 3.63) is 41.8 Å². The molecule has 1 N–H and O–H groups in total. The highest BCUT2D eigenvalue weighted by molar-refractivity contribution is 5.80. The lowest BCUT2D eigenvalue weighted by molar-refractivity contribution is 0.168. The van der Waals surface area contributed by atoms with E-state index in [0.29, 0.717) is 6.54 Å². The van der Waals surface area contributed by atoms with Gasteiger partial charge in [0.1, 0.15) is 11.9 Å². The number of ether oxygens (including phenoxy) is 2. The minimum atomic E-state index is -0.0633. The average molecular weight is 416 g/mol. The van der Waals surface area contributed by atoms with Crippen molar-refractivity contribution >= 4 is 5.96 Å². The van der Waals surface area contributed by atoms with Gasteiger partial charge in [0.15, 0.2) is 17.5 Å². The van der Waals surface area contributed by atoms with Crippen molar-refractivity contribution in [2.24, 2.45) is 4.99 Å². The molecule has 1 atom stereocenters. The molecule has 30 heavy (non-hydrogen) atoms. The molecule has 2 aromatic rings. The first-order valence-corrected chi connectivity index (χ1v) is 10.6. The molecule has 3 rings (SSSR count). The summed E-state index contributed by atoms with van der Waals surface area (Å²) in [6.45, 7) is 12.0. The maximum absolute atomic E-state index is 6.04. The lowest BCUT2D eigenvalue weighted by Gasteiger charge is -2.36. The maximum atomic E-state index is 6.04. The number of piperazine rings is 1. The van der Waals surface area contributed by atoms with E-state index in [1.54, 1.807) is 7.11 Å². The quantitative estimate of drug-likeness (QED) is 0.524. The van der Waals surface area contributed by atoms with E-state index in [1.807, 2.05) is 44.2 Å². The van der Waals surface area contributed by atoms with E-state index >= 15 is 0 Å². The van der Waals surface area contributed by atoms with Gasteiger partial charge in [-0.25, -0.2) is 4.99 Å². The summed E-state index contributed by atoms with van der Waals surface area (Å²) in [5.41, 5.74) is 0.990. The SMILES string of the molecule is CCNC(=NCC(C)Oc1ccccc1OC)N1CCN(Cc2cc(C)on2)CC1. The molecular formula is C22H33N5O3. The highest BCUT2D eigenvalue weighted by Crippen LogP contribution is 2.26. The van der Waals surface area contributed by atoms with E-state index in [0.717, 1.165) is 68.2 Å². The van der Waals surface area contributed by atoms with Crippen LogP contribution >= 0.6 is 0 Å². The Morgan fingerprint density at radius 1 is 1.23 bits per heavy atom. The maximum Gasteiger partial charge on any atom is 0.194 e. The number of nitrogens with one attached hydrogen (secondary N) is 1. The van der Waals surface area contributed by atoms with Crippen molar-refractivity contribution in [2.45, 2.75) is 33.4 Å². The predicted octanol–water partition coefficient (Wildman–Crippen LogP) is 2.54. The lowest BCUT2D eigenvalue weighted by Crippen LogP contribution is -2.52. The lowest BCUT2D eigenvalue weighted by atomic mass is 10.3. The smallest absolute Gasteiger partial charge is 0.194 e. The van der Waals surface area contributed by atoms with Crippen LogP contribution in [0.1, 0.15) is 25.3 Å². The number of methoxy groups -OCH3 is 1. The van der Waals surface area contributed by atoms with E-state index in [2.05, 4.69) is 27.2 Å². The molecule has 0 saturated carbocycles. The Kier molecular flexibility index (Phi) is 7.96. The van der Waals surface area contributed by atoms with E-state index in [4.69, 9.17) is 19.0 Å². The van der Waals surface area contributed by atoms with Crippen molar-refractivity contribution in [1.82, 2.24) is 20.3 Å². The van der Waals surface area contributed by atoms with Crippen LogP contribution in [0.2, 0.25) is 0 Å². The Morgan fingerprint density at radius 2 is 1.97 bits per heavy atom. The Hall–Kier alpha value is -2.74. The first-order chi connectivity index (χ1) is 14.6. The van der Waals surface area contributed by atoms with Gasteiger partial charge in [0.25, 0.3) is 0 Å². The fraction of sp³-hybridized carbons (Fsp3) is 0.545. The van der Waals surface area contributed by atoms with E-state index in [-0.39, 0.29) is 6.10 Å². The largest absolute Gasteiger partial charge is 0.493 e. The third-order valence-corrected chi connectivity index (χ3v) is 4.96. The molecule has 1 saturated heterocycles. The molecule has 8 nitrogen and oxygen atoms in total. The van der Waals surface area contributed by atoms with Crippen molar-refractivity contribution < 1.29 is 14.0 Å². The third kappa shape index (κ3) is 6.13. The van der Waals surface area contributed by atoms with E-state index < -0.39 is 0 Å². The number of aliphatic imine (C=N–C) groups is 1. The second kappa shape index (κ2) is 10.9. The number of guanidine groups is 1. The van der Waals surface area contributed by atoms with Gasteiger partial charge < -0.3 is 24.2 Å². The van der Waals surface area contributed by atoms with Crippen LogP contribution < -0.4 is 14.8 Å². The van der Waals surface area contributed by atoms with Gasteiger partial charge in [0.2, 0.25) is 0 Å². The molecule has 164 valence electrons. The highest BCUT2D eigenvalue weighted by atomic mass is 16.5. The summed E-state index contributed by atoms with van der Waals surface area (Å²) in [4.78, 5) is 9.52. The zero-order valence-corrected chi connectivity index (χ0v) is 18.4. The summed E-state index contributed by atoms with van der Waals surface area (Å²) >= 11 is 0. The summed E-state index contributed by atoms with van der Waals surface area (Å²) in [6, 6.07) is 9.69. The van der Waals surface area contributed by atoms with Gasteiger partial charge in [-0.15, -0.1) is 0 Å². The number of aryl methyl sites for hydroxylation is 1. The van der Waals surface area contributed by atoms with E-state index in [1.165, 1.54) is 0 Å². The van der Waals surface area contributed by atoms with Crippen LogP contribution in [0.15, 0.2) is 39.8 Å². The molecule has 0 bridgehead atoms. The van der Waals surface area contributed by atoms with Gasteiger partial charge in [-0.1, -0.05) is 17.3 Å².